The molecule has 2 atom stereocenters. The predicted octanol–water partition coefficient (Wildman–Crippen LogP) is 1.93. The average molecular weight is 172 g/mol. The molecule has 0 aliphatic heterocycles. The normalized spacial score (nSPS) is 31.8. The van der Waals surface area contributed by atoms with Crippen molar-refractivity contribution in [1.82, 2.24) is 0 Å². The standard InChI is InChI=1S/C12H12O/c1-2-12(13)9-8-11(12)10-6-4-3-5-7-10/h1,3-7,11,13H,8-9H2/t11-,12-/m1/s1. The van der Waals surface area contributed by atoms with Gasteiger partial charge in [0.2, 0.25) is 0 Å². The van der Waals surface area contributed by atoms with Crippen LogP contribution in [0.4, 0.5) is 0 Å². The Morgan fingerprint density at radius 3 is 2.54 bits per heavy atom. The second-order valence-corrected chi connectivity index (χ2v) is 3.57. The van der Waals surface area contributed by atoms with Crippen LogP contribution < -0.4 is 0 Å². The molecule has 1 heteroatoms. The maximum absolute atomic E-state index is 9.90. The lowest BCUT2D eigenvalue weighted by Gasteiger charge is -2.41. The zero-order valence-corrected chi connectivity index (χ0v) is 7.40. The van der Waals surface area contributed by atoms with E-state index in [9.17, 15) is 5.11 Å². The second-order valence-electron chi connectivity index (χ2n) is 3.57. The van der Waals surface area contributed by atoms with Crippen LogP contribution in [0.1, 0.15) is 24.3 Å². The molecule has 0 spiro atoms. The van der Waals surface area contributed by atoms with E-state index in [4.69, 9.17) is 6.42 Å². The number of aliphatic hydroxyl groups is 1. The summed E-state index contributed by atoms with van der Waals surface area (Å²) in [6.45, 7) is 0. The van der Waals surface area contributed by atoms with Crippen molar-refractivity contribution in [3.8, 4) is 12.3 Å². The minimum Gasteiger partial charge on any atom is -0.377 e. The maximum Gasteiger partial charge on any atom is 0.132 e. The highest BCUT2D eigenvalue weighted by Gasteiger charge is 2.44. The van der Waals surface area contributed by atoms with Crippen LogP contribution in [0.2, 0.25) is 0 Å². The SMILES string of the molecule is C#C[C@@]1(O)CC[C@@H]1c1ccccc1. The summed E-state index contributed by atoms with van der Waals surface area (Å²) >= 11 is 0. The van der Waals surface area contributed by atoms with Crippen LogP contribution in [-0.4, -0.2) is 10.7 Å². The Hall–Kier alpha value is -1.26. The van der Waals surface area contributed by atoms with Crippen molar-refractivity contribution in [3.63, 3.8) is 0 Å². The van der Waals surface area contributed by atoms with Crippen molar-refractivity contribution in [2.45, 2.75) is 24.4 Å². The van der Waals surface area contributed by atoms with Gasteiger partial charge in [0.25, 0.3) is 0 Å². The van der Waals surface area contributed by atoms with E-state index in [1.807, 2.05) is 30.3 Å². The molecule has 0 aromatic heterocycles. The van der Waals surface area contributed by atoms with E-state index in [2.05, 4.69) is 5.92 Å². The predicted molar refractivity (Wildman–Crippen MR) is 52.2 cm³/mol. The summed E-state index contributed by atoms with van der Waals surface area (Å²) in [4.78, 5) is 0. The molecule has 13 heavy (non-hydrogen) atoms. The van der Waals surface area contributed by atoms with Crippen LogP contribution in [0.15, 0.2) is 30.3 Å². The van der Waals surface area contributed by atoms with Crippen molar-refractivity contribution in [3.05, 3.63) is 35.9 Å². The first-order valence-corrected chi connectivity index (χ1v) is 4.51. The van der Waals surface area contributed by atoms with Gasteiger partial charge in [-0.1, -0.05) is 36.3 Å². The van der Waals surface area contributed by atoms with Gasteiger partial charge >= 0.3 is 0 Å². The van der Waals surface area contributed by atoms with Gasteiger partial charge in [0.05, 0.1) is 0 Å². The summed E-state index contributed by atoms with van der Waals surface area (Å²) in [5.74, 6) is 2.62. The first-order valence-electron chi connectivity index (χ1n) is 4.51. The molecule has 1 fully saturated rings. The molecular formula is C12H12O. The molecule has 66 valence electrons. The Kier molecular flexibility index (Phi) is 1.86. The smallest absolute Gasteiger partial charge is 0.132 e. The molecule has 0 amide bonds. The molecular weight excluding hydrogens is 160 g/mol. The average Bonchev–Trinajstić information content (AvgIpc) is 2.17. The summed E-state index contributed by atoms with van der Waals surface area (Å²) in [7, 11) is 0. The van der Waals surface area contributed by atoms with Crippen molar-refractivity contribution in [1.29, 1.82) is 0 Å². The molecule has 1 nitrogen and oxygen atoms in total. The second kappa shape index (κ2) is 2.90. The summed E-state index contributed by atoms with van der Waals surface area (Å²) < 4.78 is 0. The summed E-state index contributed by atoms with van der Waals surface area (Å²) in [5.41, 5.74) is 0.260. The highest BCUT2D eigenvalue weighted by molar-refractivity contribution is 5.32. The Morgan fingerprint density at radius 1 is 1.38 bits per heavy atom. The lowest BCUT2D eigenvalue weighted by molar-refractivity contribution is -0.00306. The van der Waals surface area contributed by atoms with Crippen molar-refractivity contribution in [2.24, 2.45) is 0 Å². The minimum absolute atomic E-state index is 0.138. The molecule has 1 saturated carbocycles. The number of terminal acetylenes is 1. The molecule has 1 aliphatic carbocycles. The van der Waals surface area contributed by atoms with Gasteiger partial charge in [-0.3, -0.25) is 0 Å². The van der Waals surface area contributed by atoms with Gasteiger partial charge in [-0.25, -0.2) is 0 Å². The maximum atomic E-state index is 9.90. The Balaban J connectivity index is 2.26. The van der Waals surface area contributed by atoms with Crippen LogP contribution >= 0.6 is 0 Å². The van der Waals surface area contributed by atoms with Crippen LogP contribution in [0, 0.1) is 12.3 Å². The highest BCUT2D eigenvalue weighted by Crippen LogP contribution is 2.45. The summed E-state index contributed by atoms with van der Waals surface area (Å²) in [5, 5.41) is 9.90. The molecule has 1 N–H and O–H groups in total. The van der Waals surface area contributed by atoms with Crippen molar-refractivity contribution < 1.29 is 5.11 Å². The third-order valence-corrected chi connectivity index (χ3v) is 2.84. The third kappa shape index (κ3) is 1.24. The quantitative estimate of drug-likeness (QED) is 0.642. The van der Waals surface area contributed by atoms with E-state index in [0.717, 1.165) is 18.4 Å². The van der Waals surface area contributed by atoms with Gasteiger partial charge in [-0.05, 0) is 18.4 Å². The summed E-state index contributed by atoms with van der Waals surface area (Å²) in [6.07, 6.45) is 7.01. The third-order valence-electron chi connectivity index (χ3n) is 2.84. The largest absolute Gasteiger partial charge is 0.377 e. The number of hydrogen-bond acceptors (Lipinski definition) is 1. The van der Waals surface area contributed by atoms with E-state index in [0.29, 0.717) is 0 Å². The van der Waals surface area contributed by atoms with Crippen molar-refractivity contribution >= 4 is 0 Å². The first-order chi connectivity index (χ1) is 6.26. The first kappa shape index (κ1) is 8.34. The minimum atomic E-state index is -0.888. The van der Waals surface area contributed by atoms with Crippen LogP contribution in [0.25, 0.3) is 0 Å². The molecule has 0 saturated heterocycles. The van der Waals surface area contributed by atoms with Gasteiger partial charge in [0.1, 0.15) is 5.60 Å². The van der Waals surface area contributed by atoms with Gasteiger partial charge < -0.3 is 5.11 Å². The van der Waals surface area contributed by atoms with E-state index in [1.165, 1.54) is 0 Å². The van der Waals surface area contributed by atoms with E-state index >= 15 is 0 Å². The Labute approximate surface area is 78.4 Å². The zero-order chi connectivity index (χ0) is 9.31. The van der Waals surface area contributed by atoms with Gasteiger partial charge in [-0.2, -0.15) is 0 Å². The van der Waals surface area contributed by atoms with Crippen LogP contribution in [-0.2, 0) is 0 Å². The molecule has 1 aromatic rings. The molecule has 0 unspecified atom stereocenters. The fourth-order valence-electron chi connectivity index (χ4n) is 1.86. The lowest BCUT2D eigenvalue weighted by atomic mass is 9.67. The molecule has 0 radical (unpaired) electrons. The molecule has 1 aromatic carbocycles. The Morgan fingerprint density at radius 2 is 2.08 bits per heavy atom. The molecule has 2 rings (SSSR count). The lowest BCUT2D eigenvalue weighted by Crippen LogP contribution is -2.43. The molecule has 0 heterocycles. The zero-order valence-electron chi connectivity index (χ0n) is 7.40. The Bertz CT molecular complexity index is 336. The topological polar surface area (TPSA) is 20.2 Å². The monoisotopic (exact) mass is 172 g/mol. The summed E-state index contributed by atoms with van der Waals surface area (Å²) in [6, 6.07) is 9.96. The van der Waals surface area contributed by atoms with E-state index < -0.39 is 5.60 Å². The number of rotatable bonds is 1. The fourth-order valence-corrected chi connectivity index (χ4v) is 1.86. The van der Waals surface area contributed by atoms with Gasteiger partial charge in [0, 0.05) is 5.92 Å². The van der Waals surface area contributed by atoms with E-state index in [1.54, 1.807) is 0 Å². The number of hydrogen-bond donors (Lipinski definition) is 1. The van der Waals surface area contributed by atoms with Gasteiger partial charge in [0.15, 0.2) is 0 Å². The van der Waals surface area contributed by atoms with Crippen LogP contribution in [0.5, 0.6) is 0 Å². The van der Waals surface area contributed by atoms with Crippen molar-refractivity contribution in [2.75, 3.05) is 0 Å². The molecule has 1 aliphatic rings. The highest BCUT2D eigenvalue weighted by atomic mass is 16.3. The van der Waals surface area contributed by atoms with E-state index in [-0.39, 0.29) is 5.92 Å². The molecule has 0 bridgehead atoms. The van der Waals surface area contributed by atoms with Crippen LogP contribution in [0.3, 0.4) is 0 Å². The fraction of sp³-hybridized carbons (Fsp3) is 0.333. The van der Waals surface area contributed by atoms with Gasteiger partial charge in [-0.15, -0.1) is 6.42 Å². The number of benzene rings is 1.